The van der Waals surface area contributed by atoms with Gasteiger partial charge in [0.15, 0.2) is 6.61 Å². The smallest absolute Gasteiger partial charge is 0.338 e. The second-order valence-electron chi connectivity index (χ2n) is 5.11. The number of imide groups is 1. The highest BCUT2D eigenvalue weighted by Crippen LogP contribution is 2.13. The molecule has 1 aromatic carbocycles. The SMILES string of the molecule is CCCCOc1ccc(C(=O)OCC(=O)NC(=O)NCCC)cc1. The topological polar surface area (TPSA) is 93.7 Å². The van der Waals surface area contributed by atoms with Crippen molar-refractivity contribution in [3.05, 3.63) is 29.8 Å². The quantitative estimate of drug-likeness (QED) is 0.533. The number of unbranched alkanes of at least 4 members (excludes halogenated alkanes) is 1. The van der Waals surface area contributed by atoms with Crippen LogP contribution in [-0.2, 0) is 9.53 Å². The summed E-state index contributed by atoms with van der Waals surface area (Å²) >= 11 is 0. The first-order valence-corrected chi connectivity index (χ1v) is 8.04. The molecule has 0 radical (unpaired) electrons. The molecule has 24 heavy (non-hydrogen) atoms. The molecule has 3 amide bonds. The van der Waals surface area contributed by atoms with Gasteiger partial charge in [-0.3, -0.25) is 10.1 Å². The monoisotopic (exact) mass is 336 g/mol. The van der Waals surface area contributed by atoms with Crippen molar-refractivity contribution in [2.75, 3.05) is 19.8 Å². The zero-order valence-electron chi connectivity index (χ0n) is 14.1. The molecule has 0 aliphatic rings. The molecule has 0 atom stereocenters. The molecule has 0 aromatic heterocycles. The lowest BCUT2D eigenvalue weighted by Crippen LogP contribution is -2.41. The van der Waals surface area contributed by atoms with E-state index in [0.717, 1.165) is 19.3 Å². The number of carbonyl (C=O) groups excluding carboxylic acids is 3. The highest BCUT2D eigenvalue weighted by atomic mass is 16.5. The fourth-order valence-corrected chi connectivity index (χ4v) is 1.68. The Labute approximate surface area is 141 Å². The van der Waals surface area contributed by atoms with Crippen LogP contribution in [0.4, 0.5) is 4.79 Å². The number of hydrogen-bond donors (Lipinski definition) is 2. The van der Waals surface area contributed by atoms with Crippen LogP contribution in [0, 0.1) is 0 Å². The number of carbonyl (C=O) groups is 3. The van der Waals surface area contributed by atoms with Gasteiger partial charge < -0.3 is 14.8 Å². The molecule has 7 nitrogen and oxygen atoms in total. The van der Waals surface area contributed by atoms with E-state index in [4.69, 9.17) is 9.47 Å². The minimum Gasteiger partial charge on any atom is -0.494 e. The average Bonchev–Trinajstić information content (AvgIpc) is 2.58. The maximum absolute atomic E-state index is 11.8. The first-order valence-electron chi connectivity index (χ1n) is 8.04. The third-order valence-electron chi connectivity index (χ3n) is 2.98. The van der Waals surface area contributed by atoms with E-state index in [0.29, 0.717) is 24.5 Å². The van der Waals surface area contributed by atoms with Gasteiger partial charge in [0.1, 0.15) is 5.75 Å². The van der Waals surface area contributed by atoms with Gasteiger partial charge in [-0.05, 0) is 37.1 Å². The summed E-state index contributed by atoms with van der Waals surface area (Å²) in [6.45, 7) is 4.54. The van der Waals surface area contributed by atoms with E-state index in [1.807, 2.05) is 6.92 Å². The van der Waals surface area contributed by atoms with Gasteiger partial charge in [0.2, 0.25) is 0 Å². The fraction of sp³-hybridized carbons (Fsp3) is 0.471. The van der Waals surface area contributed by atoms with Gasteiger partial charge in [0, 0.05) is 6.54 Å². The molecular formula is C17H24N2O5. The molecule has 0 unspecified atom stereocenters. The Morgan fingerprint density at radius 2 is 1.75 bits per heavy atom. The van der Waals surface area contributed by atoms with E-state index in [-0.39, 0.29) is 0 Å². The molecule has 2 N–H and O–H groups in total. The van der Waals surface area contributed by atoms with E-state index < -0.39 is 24.5 Å². The van der Waals surface area contributed by atoms with Crippen LogP contribution in [0.5, 0.6) is 5.75 Å². The summed E-state index contributed by atoms with van der Waals surface area (Å²) in [6, 6.07) is 5.87. The summed E-state index contributed by atoms with van der Waals surface area (Å²) in [5.41, 5.74) is 0.307. The van der Waals surface area contributed by atoms with Crippen molar-refractivity contribution in [2.24, 2.45) is 0 Å². The lowest BCUT2D eigenvalue weighted by atomic mass is 10.2. The van der Waals surface area contributed by atoms with Crippen molar-refractivity contribution in [3.8, 4) is 5.75 Å². The number of benzene rings is 1. The number of urea groups is 1. The van der Waals surface area contributed by atoms with Crippen LogP contribution in [0.15, 0.2) is 24.3 Å². The summed E-state index contributed by atoms with van der Waals surface area (Å²) in [5.74, 6) is -0.652. The molecule has 132 valence electrons. The highest BCUT2D eigenvalue weighted by Gasteiger charge is 2.12. The van der Waals surface area contributed by atoms with E-state index in [1.54, 1.807) is 24.3 Å². The third kappa shape index (κ3) is 7.62. The van der Waals surface area contributed by atoms with Gasteiger partial charge in [-0.1, -0.05) is 20.3 Å². The van der Waals surface area contributed by atoms with Crippen LogP contribution in [0.25, 0.3) is 0 Å². The van der Waals surface area contributed by atoms with Crippen LogP contribution in [-0.4, -0.2) is 37.7 Å². The minimum atomic E-state index is -0.684. The molecule has 1 aromatic rings. The number of ether oxygens (including phenoxy) is 2. The van der Waals surface area contributed by atoms with Crippen LogP contribution in [0.3, 0.4) is 0 Å². The number of nitrogens with one attached hydrogen (secondary N) is 2. The number of amides is 3. The van der Waals surface area contributed by atoms with Crippen molar-refractivity contribution in [1.29, 1.82) is 0 Å². The van der Waals surface area contributed by atoms with Crippen molar-refractivity contribution < 1.29 is 23.9 Å². The molecule has 0 saturated heterocycles. The first kappa shape index (κ1) is 19.5. The maximum atomic E-state index is 11.8. The summed E-state index contributed by atoms with van der Waals surface area (Å²) in [6.07, 6.45) is 2.77. The molecule has 0 aliphatic carbocycles. The van der Waals surface area contributed by atoms with E-state index >= 15 is 0 Å². The molecule has 7 heteroatoms. The number of rotatable bonds is 9. The largest absolute Gasteiger partial charge is 0.494 e. The highest BCUT2D eigenvalue weighted by molar-refractivity contribution is 5.97. The van der Waals surface area contributed by atoms with Gasteiger partial charge in [-0.25, -0.2) is 9.59 Å². The van der Waals surface area contributed by atoms with Gasteiger partial charge in [-0.15, -0.1) is 0 Å². The Hall–Kier alpha value is -2.57. The van der Waals surface area contributed by atoms with Crippen LogP contribution < -0.4 is 15.4 Å². The average molecular weight is 336 g/mol. The molecule has 0 fully saturated rings. The Morgan fingerprint density at radius 3 is 2.38 bits per heavy atom. The number of esters is 1. The zero-order valence-corrected chi connectivity index (χ0v) is 14.1. The van der Waals surface area contributed by atoms with Crippen molar-refractivity contribution in [2.45, 2.75) is 33.1 Å². The Kier molecular flexibility index (Phi) is 8.96. The number of hydrogen-bond acceptors (Lipinski definition) is 5. The van der Waals surface area contributed by atoms with Crippen LogP contribution >= 0.6 is 0 Å². The molecule has 0 saturated carbocycles. The normalized spacial score (nSPS) is 9.92. The van der Waals surface area contributed by atoms with Crippen LogP contribution in [0.1, 0.15) is 43.5 Å². The van der Waals surface area contributed by atoms with Gasteiger partial charge >= 0.3 is 12.0 Å². The Balaban J connectivity index is 2.36. The predicted octanol–water partition coefficient (Wildman–Crippen LogP) is 2.26. The summed E-state index contributed by atoms with van der Waals surface area (Å²) in [5, 5.41) is 4.56. The van der Waals surface area contributed by atoms with Crippen molar-refractivity contribution >= 4 is 17.9 Å². The van der Waals surface area contributed by atoms with E-state index in [9.17, 15) is 14.4 Å². The summed E-state index contributed by atoms with van der Waals surface area (Å²) in [7, 11) is 0. The molecule has 0 heterocycles. The second kappa shape index (κ2) is 11.0. The second-order valence-corrected chi connectivity index (χ2v) is 5.11. The zero-order chi connectivity index (χ0) is 17.8. The summed E-state index contributed by atoms with van der Waals surface area (Å²) < 4.78 is 10.4. The van der Waals surface area contributed by atoms with Gasteiger partial charge in [-0.2, -0.15) is 0 Å². The predicted molar refractivity (Wildman–Crippen MR) is 89.0 cm³/mol. The van der Waals surface area contributed by atoms with E-state index in [1.165, 1.54) is 0 Å². The standard InChI is InChI=1S/C17H24N2O5/c1-3-5-11-23-14-8-6-13(7-9-14)16(21)24-12-15(20)19-17(22)18-10-4-2/h6-9H,3-5,10-12H2,1-2H3,(H2,18,19,20,22). The molecule has 0 spiro atoms. The van der Waals surface area contributed by atoms with Crippen molar-refractivity contribution in [1.82, 2.24) is 10.6 Å². The Morgan fingerprint density at radius 1 is 1.04 bits per heavy atom. The molecular weight excluding hydrogens is 312 g/mol. The first-order chi connectivity index (χ1) is 11.6. The van der Waals surface area contributed by atoms with Crippen LogP contribution in [0.2, 0.25) is 0 Å². The van der Waals surface area contributed by atoms with E-state index in [2.05, 4.69) is 17.6 Å². The van der Waals surface area contributed by atoms with Crippen molar-refractivity contribution in [3.63, 3.8) is 0 Å². The molecule has 0 bridgehead atoms. The lowest BCUT2D eigenvalue weighted by Gasteiger charge is -2.08. The fourth-order valence-electron chi connectivity index (χ4n) is 1.68. The summed E-state index contributed by atoms with van der Waals surface area (Å²) in [4.78, 5) is 34.6. The lowest BCUT2D eigenvalue weighted by molar-refractivity contribution is -0.123. The third-order valence-corrected chi connectivity index (χ3v) is 2.98. The minimum absolute atomic E-state index is 0.307. The van der Waals surface area contributed by atoms with Gasteiger partial charge in [0.25, 0.3) is 5.91 Å². The maximum Gasteiger partial charge on any atom is 0.338 e. The molecule has 0 aliphatic heterocycles. The molecule has 1 rings (SSSR count). The van der Waals surface area contributed by atoms with Gasteiger partial charge in [0.05, 0.1) is 12.2 Å². The Bertz CT molecular complexity index is 542.